The number of fused-ring (bicyclic) bond motifs is 3. The fourth-order valence-electron chi connectivity index (χ4n) is 4.96. The van der Waals surface area contributed by atoms with Crippen LogP contribution in [0.25, 0.3) is 10.9 Å². The molecule has 3 N–H and O–H groups in total. The quantitative estimate of drug-likeness (QED) is 0.455. The summed E-state index contributed by atoms with van der Waals surface area (Å²) in [5.74, 6) is 1.87. The molecule has 2 aliphatic heterocycles. The van der Waals surface area contributed by atoms with E-state index in [-0.39, 0.29) is 24.2 Å². The van der Waals surface area contributed by atoms with Crippen molar-refractivity contribution in [1.82, 2.24) is 25.1 Å². The van der Waals surface area contributed by atoms with Gasteiger partial charge in [0.1, 0.15) is 11.4 Å². The van der Waals surface area contributed by atoms with Gasteiger partial charge in [0.25, 0.3) is 0 Å². The van der Waals surface area contributed by atoms with Crippen LogP contribution in [0.15, 0.2) is 24.3 Å². The van der Waals surface area contributed by atoms with Gasteiger partial charge < -0.3 is 20.3 Å². The van der Waals surface area contributed by atoms with Crippen LogP contribution in [0.5, 0.6) is 0 Å². The molecule has 3 aromatic rings. The molecule has 34 heavy (non-hydrogen) atoms. The van der Waals surface area contributed by atoms with Crippen LogP contribution in [0.2, 0.25) is 5.02 Å². The number of amides is 1. The van der Waals surface area contributed by atoms with Gasteiger partial charge in [-0.1, -0.05) is 11.6 Å². The number of piperidine rings is 1. The van der Waals surface area contributed by atoms with E-state index < -0.39 is 5.60 Å². The lowest BCUT2D eigenvalue weighted by atomic mass is 9.98. The van der Waals surface area contributed by atoms with Crippen molar-refractivity contribution in [3.8, 4) is 0 Å². The highest BCUT2D eigenvalue weighted by Gasteiger charge is 2.45. The first-order chi connectivity index (χ1) is 16.1. The Morgan fingerprint density at radius 3 is 2.56 bits per heavy atom. The molecule has 0 aliphatic carbocycles. The minimum atomic E-state index is -0.498. The summed E-state index contributed by atoms with van der Waals surface area (Å²) in [6, 6.07) is 7.96. The van der Waals surface area contributed by atoms with Gasteiger partial charge in [0.15, 0.2) is 5.82 Å². The van der Waals surface area contributed by atoms with Gasteiger partial charge in [-0.2, -0.15) is 10.1 Å². The Bertz CT molecular complexity index is 1210. The fourth-order valence-corrected chi connectivity index (χ4v) is 5.12. The molecule has 2 aromatic heterocycles. The van der Waals surface area contributed by atoms with E-state index in [2.05, 4.69) is 20.8 Å². The number of benzene rings is 1. The van der Waals surface area contributed by atoms with E-state index in [4.69, 9.17) is 26.3 Å². The van der Waals surface area contributed by atoms with Crippen LogP contribution >= 0.6 is 11.6 Å². The zero-order valence-corrected chi connectivity index (χ0v) is 20.6. The molecule has 2 aliphatic rings. The first kappa shape index (κ1) is 22.7. The molecule has 1 aromatic carbocycles. The van der Waals surface area contributed by atoms with Crippen molar-refractivity contribution in [2.24, 2.45) is 0 Å². The van der Waals surface area contributed by atoms with Crippen molar-refractivity contribution in [3.05, 3.63) is 35.0 Å². The molecule has 2 bridgehead atoms. The average molecular weight is 484 g/mol. The maximum absolute atomic E-state index is 12.8. The number of anilines is 3. The van der Waals surface area contributed by atoms with E-state index in [1.54, 1.807) is 0 Å². The standard InChI is InChI=1S/C24H30ClN7O2/c1-13-9-20(31-30-13)28-21-18-8-5-14(25)10-19(18)27-22(29-21)26-15-11-16-6-7-17(12-15)32(16)23(33)34-24(2,3)4/h5,8-10,15-17H,6-7,11-12H2,1-4H3,(H3,26,27,28,29,30,31). The first-order valence-electron chi connectivity index (χ1n) is 11.7. The number of hydrogen-bond donors (Lipinski definition) is 3. The summed E-state index contributed by atoms with van der Waals surface area (Å²) >= 11 is 6.25. The maximum Gasteiger partial charge on any atom is 0.410 e. The second-order valence-corrected chi connectivity index (χ2v) is 10.6. The third kappa shape index (κ3) is 4.75. The maximum atomic E-state index is 12.8. The molecule has 5 rings (SSSR count). The van der Waals surface area contributed by atoms with Crippen molar-refractivity contribution in [3.63, 3.8) is 0 Å². The van der Waals surface area contributed by atoms with Gasteiger partial charge in [0.2, 0.25) is 5.95 Å². The second kappa shape index (κ2) is 8.61. The molecule has 180 valence electrons. The predicted molar refractivity (Wildman–Crippen MR) is 133 cm³/mol. The van der Waals surface area contributed by atoms with Crippen molar-refractivity contribution in [1.29, 1.82) is 0 Å². The summed E-state index contributed by atoms with van der Waals surface area (Å²) in [6.45, 7) is 7.65. The highest BCUT2D eigenvalue weighted by atomic mass is 35.5. The molecular weight excluding hydrogens is 454 g/mol. The van der Waals surface area contributed by atoms with Crippen LogP contribution in [-0.2, 0) is 4.74 Å². The summed E-state index contributed by atoms with van der Waals surface area (Å²) in [4.78, 5) is 24.2. The minimum Gasteiger partial charge on any atom is -0.444 e. The van der Waals surface area contributed by atoms with Crippen LogP contribution in [-0.4, -0.2) is 54.9 Å². The predicted octanol–water partition coefficient (Wildman–Crippen LogP) is 5.40. The van der Waals surface area contributed by atoms with E-state index in [1.165, 1.54) is 0 Å². The van der Waals surface area contributed by atoms with E-state index in [9.17, 15) is 4.79 Å². The minimum absolute atomic E-state index is 0.158. The Balaban J connectivity index is 1.37. The number of aromatic nitrogens is 4. The zero-order valence-electron chi connectivity index (χ0n) is 19.9. The van der Waals surface area contributed by atoms with E-state index in [0.717, 1.165) is 42.3 Å². The Hall–Kier alpha value is -3.07. The first-order valence-corrected chi connectivity index (χ1v) is 12.1. The summed E-state index contributed by atoms with van der Waals surface area (Å²) < 4.78 is 5.66. The molecule has 0 radical (unpaired) electrons. The van der Waals surface area contributed by atoms with Gasteiger partial charge in [0, 0.05) is 40.3 Å². The highest BCUT2D eigenvalue weighted by Crippen LogP contribution is 2.38. The number of carbonyl (C=O) groups is 1. The lowest BCUT2D eigenvalue weighted by Gasteiger charge is -2.39. The van der Waals surface area contributed by atoms with Gasteiger partial charge in [-0.25, -0.2) is 9.78 Å². The fraction of sp³-hybridized carbons (Fsp3) is 0.500. The van der Waals surface area contributed by atoms with Gasteiger partial charge in [0.05, 0.1) is 5.52 Å². The normalized spacial score (nSPS) is 22.1. The second-order valence-electron chi connectivity index (χ2n) is 10.2. The molecule has 2 atom stereocenters. The number of nitrogens with zero attached hydrogens (tertiary/aromatic N) is 4. The smallest absolute Gasteiger partial charge is 0.410 e. The lowest BCUT2D eigenvalue weighted by Crippen LogP contribution is -2.51. The van der Waals surface area contributed by atoms with E-state index in [0.29, 0.717) is 22.6 Å². The molecule has 2 unspecified atom stereocenters. The number of halogens is 1. The Morgan fingerprint density at radius 1 is 1.18 bits per heavy atom. The third-order valence-electron chi connectivity index (χ3n) is 6.28. The van der Waals surface area contributed by atoms with Crippen molar-refractivity contribution in [2.75, 3.05) is 10.6 Å². The van der Waals surface area contributed by atoms with Gasteiger partial charge in [-0.3, -0.25) is 5.10 Å². The van der Waals surface area contributed by atoms with E-state index >= 15 is 0 Å². The zero-order chi connectivity index (χ0) is 24.0. The number of carbonyl (C=O) groups excluding carboxylic acids is 1. The van der Waals surface area contributed by atoms with Crippen LogP contribution in [0.1, 0.15) is 52.1 Å². The molecule has 10 heteroatoms. The van der Waals surface area contributed by atoms with Crippen LogP contribution in [0.3, 0.4) is 0 Å². The highest BCUT2D eigenvalue weighted by molar-refractivity contribution is 6.31. The number of nitrogens with one attached hydrogen (secondary N) is 3. The Kier molecular flexibility index (Phi) is 5.75. The van der Waals surface area contributed by atoms with Gasteiger partial charge >= 0.3 is 6.09 Å². The van der Waals surface area contributed by atoms with Crippen LogP contribution in [0.4, 0.5) is 22.4 Å². The number of aromatic amines is 1. The topological polar surface area (TPSA) is 108 Å². The molecule has 1 amide bonds. The molecule has 2 saturated heterocycles. The molecule has 9 nitrogen and oxygen atoms in total. The number of ether oxygens (including phenoxy) is 1. The summed E-state index contributed by atoms with van der Waals surface area (Å²) in [5.41, 5.74) is 1.20. The average Bonchev–Trinajstić information content (AvgIpc) is 3.26. The molecule has 4 heterocycles. The SMILES string of the molecule is Cc1cc(Nc2nc(NC3CC4CCC(C3)N4C(=O)OC(C)(C)C)nc3cc(Cl)ccc23)n[nH]1. The largest absolute Gasteiger partial charge is 0.444 e. The van der Waals surface area contributed by atoms with Crippen LogP contribution in [0, 0.1) is 6.92 Å². The lowest BCUT2D eigenvalue weighted by molar-refractivity contribution is 0.00682. The van der Waals surface area contributed by atoms with Gasteiger partial charge in [-0.05, 0) is 71.6 Å². The Morgan fingerprint density at radius 2 is 1.91 bits per heavy atom. The molecule has 2 fully saturated rings. The number of aryl methyl sites for hydroxylation is 1. The molecule has 0 saturated carbocycles. The Labute approximate surface area is 203 Å². The van der Waals surface area contributed by atoms with Crippen molar-refractivity contribution >= 4 is 46.2 Å². The van der Waals surface area contributed by atoms with E-state index in [1.807, 2.05) is 56.9 Å². The molecule has 0 spiro atoms. The summed E-state index contributed by atoms with van der Waals surface area (Å²) in [7, 11) is 0. The monoisotopic (exact) mass is 483 g/mol. The van der Waals surface area contributed by atoms with Crippen molar-refractivity contribution < 1.29 is 9.53 Å². The van der Waals surface area contributed by atoms with Gasteiger partial charge in [-0.15, -0.1) is 0 Å². The third-order valence-corrected chi connectivity index (χ3v) is 6.52. The summed E-state index contributed by atoms with van der Waals surface area (Å²) in [5, 5.41) is 15.5. The van der Waals surface area contributed by atoms with Crippen molar-refractivity contribution in [2.45, 2.75) is 77.1 Å². The number of hydrogen-bond acceptors (Lipinski definition) is 7. The number of H-pyrrole nitrogens is 1. The molecular formula is C24H30ClN7O2. The van der Waals surface area contributed by atoms with Crippen LogP contribution < -0.4 is 10.6 Å². The summed E-state index contributed by atoms with van der Waals surface area (Å²) in [6.07, 6.45) is 3.42. The number of rotatable bonds is 4.